The number of primary amides is 1. The van der Waals surface area contributed by atoms with Gasteiger partial charge < -0.3 is 25.8 Å². The largest absolute Gasteiger partial charge is 0.505 e. The molecular weight excluding hydrogens is 425 g/mol. The summed E-state index contributed by atoms with van der Waals surface area (Å²) in [6.45, 7) is 4.05. The summed E-state index contributed by atoms with van der Waals surface area (Å²) < 4.78 is 23.0. The molecule has 1 aliphatic heterocycles. The number of anilines is 1. The Hall–Kier alpha value is -3.17. The van der Waals surface area contributed by atoms with E-state index in [0.717, 1.165) is 12.6 Å². The van der Waals surface area contributed by atoms with E-state index >= 15 is 0 Å². The summed E-state index contributed by atoms with van der Waals surface area (Å²) in [5.74, 6) is -0.841. The van der Waals surface area contributed by atoms with Crippen molar-refractivity contribution in [3.05, 3.63) is 40.3 Å². The van der Waals surface area contributed by atoms with Crippen molar-refractivity contribution >= 4 is 30.3 Å². The summed E-state index contributed by atoms with van der Waals surface area (Å²) >= 11 is 0. The minimum absolute atomic E-state index is 0.0659. The number of nitrogens with zero attached hydrogens (tertiary/aromatic N) is 3. The molecule has 0 saturated heterocycles. The van der Waals surface area contributed by atoms with E-state index in [0.29, 0.717) is 18.9 Å². The highest BCUT2D eigenvalue weighted by molar-refractivity contribution is 7.65. The average Bonchev–Trinajstić information content (AvgIpc) is 2.71. The quantitative estimate of drug-likeness (QED) is 0.431. The van der Waals surface area contributed by atoms with Crippen molar-refractivity contribution in [2.45, 2.75) is 33.2 Å². The molecule has 1 aliphatic rings. The Balaban J connectivity index is 1.97. The van der Waals surface area contributed by atoms with Crippen LogP contribution in [-0.4, -0.2) is 38.1 Å². The third-order valence-electron chi connectivity index (χ3n) is 4.94. The maximum Gasteiger partial charge on any atom is 0.346 e. The SMILES string of the molecule is CCC(C)CCn1ncc(O)c(C2=NP(=O)(O)c3cc(OCC(N)=O)ccc3N2)c1=O. The van der Waals surface area contributed by atoms with Crippen LogP contribution in [0.2, 0.25) is 0 Å². The number of ether oxygens (including phenoxy) is 1. The summed E-state index contributed by atoms with van der Waals surface area (Å²) in [5.41, 5.74) is 4.38. The van der Waals surface area contributed by atoms with E-state index in [4.69, 9.17) is 10.5 Å². The molecule has 0 saturated carbocycles. The van der Waals surface area contributed by atoms with Gasteiger partial charge in [-0.15, -0.1) is 0 Å². The van der Waals surface area contributed by atoms with Crippen LogP contribution in [0, 0.1) is 5.92 Å². The number of fused-ring (bicyclic) bond motifs is 1. The topological polar surface area (TPSA) is 169 Å². The van der Waals surface area contributed by atoms with E-state index in [1.54, 1.807) is 0 Å². The van der Waals surface area contributed by atoms with Gasteiger partial charge >= 0.3 is 7.52 Å². The maximum atomic E-state index is 12.9. The smallest absolute Gasteiger partial charge is 0.346 e. The van der Waals surface area contributed by atoms with Gasteiger partial charge in [0, 0.05) is 6.54 Å². The van der Waals surface area contributed by atoms with Crippen LogP contribution in [0.5, 0.6) is 11.5 Å². The molecule has 1 aromatic carbocycles. The van der Waals surface area contributed by atoms with E-state index in [1.807, 2.05) is 6.92 Å². The minimum Gasteiger partial charge on any atom is -0.505 e. The van der Waals surface area contributed by atoms with E-state index in [9.17, 15) is 24.2 Å². The molecule has 11 nitrogen and oxygen atoms in total. The van der Waals surface area contributed by atoms with Gasteiger partial charge in [0.2, 0.25) is 0 Å². The first-order chi connectivity index (χ1) is 14.6. The van der Waals surface area contributed by atoms with Crippen LogP contribution in [-0.2, 0) is 15.9 Å². The summed E-state index contributed by atoms with van der Waals surface area (Å²) in [6.07, 6.45) is 2.77. The van der Waals surface area contributed by atoms with Crippen LogP contribution in [0.15, 0.2) is 34.0 Å². The lowest BCUT2D eigenvalue weighted by molar-refractivity contribution is -0.119. The number of aryl methyl sites for hydroxylation is 1. The molecule has 3 rings (SSSR count). The predicted molar refractivity (Wildman–Crippen MR) is 115 cm³/mol. The molecule has 0 radical (unpaired) electrons. The predicted octanol–water partition coefficient (Wildman–Crippen LogP) is 0.932. The molecule has 12 heteroatoms. The fraction of sp³-hybridized carbons (Fsp3) is 0.368. The van der Waals surface area contributed by atoms with E-state index in [-0.39, 0.29) is 28.1 Å². The van der Waals surface area contributed by atoms with Crippen LogP contribution in [0.25, 0.3) is 0 Å². The number of hydrogen-bond donors (Lipinski definition) is 4. The van der Waals surface area contributed by atoms with Gasteiger partial charge in [0.05, 0.1) is 17.2 Å². The highest BCUT2D eigenvalue weighted by atomic mass is 31.2. The monoisotopic (exact) mass is 449 g/mol. The zero-order chi connectivity index (χ0) is 22.8. The second kappa shape index (κ2) is 8.91. The number of benzene rings is 1. The summed E-state index contributed by atoms with van der Waals surface area (Å²) in [6, 6.07) is 4.18. The zero-order valence-corrected chi connectivity index (χ0v) is 18.0. The number of amidine groups is 1. The fourth-order valence-corrected chi connectivity index (χ4v) is 4.23. The highest BCUT2D eigenvalue weighted by Crippen LogP contribution is 2.47. The Bertz CT molecular complexity index is 1150. The Morgan fingerprint density at radius 1 is 1.42 bits per heavy atom. The van der Waals surface area contributed by atoms with Gasteiger partial charge in [-0.25, -0.2) is 4.68 Å². The molecule has 1 aromatic heterocycles. The van der Waals surface area contributed by atoms with Crippen LogP contribution in [0.1, 0.15) is 32.3 Å². The Morgan fingerprint density at radius 2 is 2.16 bits per heavy atom. The normalized spacial score (nSPS) is 18.5. The standard InChI is InChI=1S/C19H24N5O6P/c1-3-11(2)6-7-24-19(27)17(14(25)9-21-24)18-22-13-5-4-12(30-10-16(20)26)8-15(13)31(28,29)23-18/h4-5,8-9,11,25H,3,6-7,10H2,1-2H3,(H2,20,26)(H2,22,23,28,29). The second-order valence-corrected chi connectivity index (χ2v) is 9.06. The van der Waals surface area contributed by atoms with Gasteiger partial charge in [0.25, 0.3) is 11.5 Å². The third-order valence-corrected chi connectivity index (χ3v) is 6.41. The number of carbonyl (C=O) groups is 1. The van der Waals surface area contributed by atoms with E-state index < -0.39 is 31.3 Å². The molecular formula is C19H24N5O6P. The number of carbonyl (C=O) groups excluding carboxylic acids is 1. The van der Waals surface area contributed by atoms with Crippen LogP contribution >= 0.6 is 7.52 Å². The first kappa shape index (κ1) is 22.5. The van der Waals surface area contributed by atoms with Crippen LogP contribution in [0.3, 0.4) is 0 Å². The number of hydrogen-bond acceptors (Lipinski definition) is 7. The van der Waals surface area contributed by atoms with Crippen LogP contribution in [0.4, 0.5) is 5.69 Å². The van der Waals surface area contributed by atoms with Gasteiger partial charge in [0.1, 0.15) is 11.3 Å². The molecule has 2 atom stereocenters. The summed E-state index contributed by atoms with van der Waals surface area (Å²) in [7, 11) is -4.31. The lowest BCUT2D eigenvalue weighted by Gasteiger charge is -2.22. The van der Waals surface area contributed by atoms with Gasteiger partial charge in [-0.05, 0) is 30.5 Å². The molecule has 2 aromatic rings. The maximum absolute atomic E-state index is 12.9. The summed E-state index contributed by atoms with van der Waals surface area (Å²) in [4.78, 5) is 34.3. The van der Waals surface area contributed by atoms with Crippen molar-refractivity contribution in [2.24, 2.45) is 16.4 Å². The number of nitrogens with one attached hydrogen (secondary N) is 1. The second-order valence-electron chi connectivity index (χ2n) is 7.29. The van der Waals surface area contributed by atoms with E-state index in [1.165, 1.54) is 22.9 Å². The highest BCUT2D eigenvalue weighted by Gasteiger charge is 2.33. The number of aromatic nitrogens is 2. The van der Waals surface area contributed by atoms with Gasteiger partial charge in [0.15, 0.2) is 18.2 Å². The van der Waals surface area contributed by atoms with Gasteiger partial charge in [-0.1, -0.05) is 20.3 Å². The van der Waals surface area contributed by atoms with Crippen LogP contribution < -0.4 is 26.7 Å². The van der Waals surface area contributed by atoms with E-state index in [2.05, 4.69) is 22.1 Å². The molecule has 2 heterocycles. The molecule has 0 fully saturated rings. The van der Waals surface area contributed by atoms with Crippen molar-refractivity contribution in [3.8, 4) is 11.5 Å². The fourth-order valence-electron chi connectivity index (χ4n) is 2.97. The Kier molecular flexibility index (Phi) is 6.47. The minimum atomic E-state index is -4.31. The summed E-state index contributed by atoms with van der Waals surface area (Å²) in [5, 5.41) is 16.9. The molecule has 2 unspecified atom stereocenters. The molecule has 5 N–H and O–H groups in total. The molecule has 166 valence electrons. The third kappa shape index (κ3) is 4.95. The van der Waals surface area contributed by atoms with Crippen molar-refractivity contribution < 1.29 is 24.1 Å². The van der Waals surface area contributed by atoms with Gasteiger partial charge in [-0.3, -0.25) is 14.2 Å². The molecule has 1 amide bonds. The Morgan fingerprint density at radius 3 is 2.84 bits per heavy atom. The van der Waals surface area contributed by atoms with Crippen molar-refractivity contribution in [2.75, 3.05) is 11.9 Å². The number of amides is 1. The van der Waals surface area contributed by atoms with Crippen molar-refractivity contribution in [1.29, 1.82) is 0 Å². The van der Waals surface area contributed by atoms with Crippen molar-refractivity contribution in [1.82, 2.24) is 9.78 Å². The van der Waals surface area contributed by atoms with Gasteiger partial charge in [-0.2, -0.15) is 9.86 Å². The first-order valence-corrected chi connectivity index (χ1v) is 11.3. The van der Waals surface area contributed by atoms with Crippen molar-refractivity contribution in [3.63, 3.8) is 0 Å². The number of nitrogens with two attached hydrogens (primary N) is 1. The lowest BCUT2D eigenvalue weighted by Crippen LogP contribution is -2.34. The Labute approximate surface area is 178 Å². The number of rotatable bonds is 8. The average molecular weight is 449 g/mol. The molecule has 0 aliphatic carbocycles. The molecule has 31 heavy (non-hydrogen) atoms. The zero-order valence-electron chi connectivity index (χ0n) is 17.1. The lowest BCUT2D eigenvalue weighted by atomic mass is 10.1. The molecule has 0 bridgehead atoms. The molecule has 0 spiro atoms. The number of aromatic hydroxyl groups is 1. The first-order valence-electron chi connectivity index (χ1n) is 9.67.